The first-order valence-corrected chi connectivity index (χ1v) is 5.18. The van der Waals surface area contributed by atoms with Gasteiger partial charge in [0, 0.05) is 6.42 Å². The molecule has 0 aliphatic heterocycles. The highest BCUT2D eigenvalue weighted by molar-refractivity contribution is 5.89. The van der Waals surface area contributed by atoms with Gasteiger partial charge >= 0.3 is 0 Å². The van der Waals surface area contributed by atoms with Crippen molar-refractivity contribution in [3.05, 3.63) is 12.2 Å². The van der Waals surface area contributed by atoms with Crippen LogP contribution in [0.4, 0.5) is 0 Å². The van der Waals surface area contributed by atoms with Crippen LogP contribution in [0.15, 0.2) is 12.2 Å². The molecule has 1 saturated carbocycles. The summed E-state index contributed by atoms with van der Waals surface area (Å²) in [6.07, 6.45) is 8.11. The fourth-order valence-corrected chi connectivity index (χ4v) is 1.11. The van der Waals surface area contributed by atoms with Gasteiger partial charge in [-0.25, -0.2) is 0 Å². The van der Waals surface area contributed by atoms with Gasteiger partial charge in [0.2, 0.25) is 0 Å². The molecule has 0 amide bonds. The zero-order valence-electron chi connectivity index (χ0n) is 8.97. The fraction of sp³-hybridized carbons (Fsp3) is 0.750. The summed E-state index contributed by atoms with van der Waals surface area (Å²) < 4.78 is 0. The lowest BCUT2D eigenvalue weighted by atomic mass is 9.89. The first kappa shape index (κ1) is 10.5. The van der Waals surface area contributed by atoms with Gasteiger partial charge in [-0.1, -0.05) is 26.8 Å². The molecule has 0 aromatic heterocycles. The molecule has 0 N–H and O–H groups in total. The van der Waals surface area contributed by atoms with Crippen molar-refractivity contribution in [1.29, 1.82) is 0 Å². The first-order valence-electron chi connectivity index (χ1n) is 5.18. The molecular formula is C12H20O. The van der Waals surface area contributed by atoms with E-state index >= 15 is 0 Å². The summed E-state index contributed by atoms with van der Waals surface area (Å²) in [6, 6.07) is 0. The van der Waals surface area contributed by atoms with Crippen LogP contribution in [-0.2, 0) is 4.79 Å². The van der Waals surface area contributed by atoms with Crippen molar-refractivity contribution in [2.45, 2.75) is 46.5 Å². The van der Waals surface area contributed by atoms with E-state index in [1.807, 2.05) is 0 Å². The lowest BCUT2D eigenvalue weighted by Crippen LogP contribution is -2.07. The molecule has 13 heavy (non-hydrogen) atoms. The summed E-state index contributed by atoms with van der Waals surface area (Å²) in [5.74, 6) is 1.01. The van der Waals surface area contributed by atoms with Gasteiger partial charge in [0.15, 0.2) is 5.78 Å². The van der Waals surface area contributed by atoms with E-state index in [-0.39, 0.29) is 5.41 Å². The smallest absolute Gasteiger partial charge is 0.155 e. The molecule has 1 fully saturated rings. The Morgan fingerprint density at radius 1 is 1.38 bits per heavy atom. The monoisotopic (exact) mass is 180 g/mol. The number of hydrogen-bond donors (Lipinski definition) is 0. The van der Waals surface area contributed by atoms with E-state index in [0.717, 1.165) is 12.3 Å². The number of hydrogen-bond acceptors (Lipinski definition) is 1. The third kappa shape index (κ3) is 5.62. The number of carbonyl (C=O) groups excluding carboxylic acids is 1. The summed E-state index contributed by atoms with van der Waals surface area (Å²) in [6.45, 7) is 6.51. The fourth-order valence-electron chi connectivity index (χ4n) is 1.11. The number of allylic oxidation sites excluding steroid dienone is 2. The van der Waals surface area contributed by atoms with Crippen molar-refractivity contribution >= 4 is 5.78 Å². The molecule has 1 heteroatoms. The zero-order valence-corrected chi connectivity index (χ0v) is 8.97. The molecule has 0 radical (unpaired) electrons. The lowest BCUT2D eigenvalue weighted by molar-refractivity contribution is -0.115. The first-order chi connectivity index (χ1) is 5.97. The molecule has 0 aromatic rings. The van der Waals surface area contributed by atoms with Gasteiger partial charge < -0.3 is 0 Å². The van der Waals surface area contributed by atoms with Crippen molar-refractivity contribution in [1.82, 2.24) is 0 Å². The maximum atomic E-state index is 11.3. The molecule has 0 aromatic carbocycles. The predicted molar refractivity (Wildman–Crippen MR) is 55.6 cm³/mol. The second-order valence-electron chi connectivity index (χ2n) is 5.22. The van der Waals surface area contributed by atoms with E-state index in [4.69, 9.17) is 0 Å². The Hall–Kier alpha value is -0.590. The standard InChI is InChI=1S/C12H20O/c1-12(2,3)9-8-11(13)7-6-10-4-5-10/h6-7,10H,4-5,8-9H2,1-3H3/b7-6+. The molecule has 0 atom stereocenters. The van der Waals surface area contributed by atoms with Gasteiger partial charge in [-0.3, -0.25) is 4.79 Å². The molecule has 1 rings (SSSR count). The maximum Gasteiger partial charge on any atom is 0.155 e. The Balaban J connectivity index is 2.17. The number of rotatable bonds is 4. The lowest BCUT2D eigenvalue weighted by Gasteiger charge is -2.16. The quantitative estimate of drug-likeness (QED) is 0.606. The van der Waals surface area contributed by atoms with Gasteiger partial charge in [-0.05, 0) is 36.7 Å². The highest BCUT2D eigenvalue weighted by atomic mass is 16.1. The number of carbonyl (C=O) groups is 1. The highest BCUT2D eigenvalue weighted by Crippen LogP contribution is 2.30. The molecule has 0 bridgehead atoms. The molecule has 1 nitrogen and oxygen atoms in total. The Bertz CT molecular complexity index is 204. The van der Waals surface area contributed by atoms with E-state index in [9.17, 15) is 4.79 Å². The average Bonchev–Trinajstić information content (AvgIpc) is 2.78. The Labute approximate surface area is 81.2 Å². The van der Waals surface area contributed by atoms with Crippen LogP contribution < -0.4 is 0 Å². The van der Waals surface area contributed by atoms with Crippen LogP contribution in [0.2, 0.25) is 0 Å². The molecular weight excluding hydrogens is 160 g/mol. The summed E-state index contributed by atoms with van der Waals surface area (Å²) in [7, 11) is 0. The van der Waals surface area contributed by atoms with E-state index in [1.165, 1.54) is 12.8 Å². The molecule has 1 aliphatic carbocycles. The van der Waals surface area contributed by atoms with Gasteiger partial charge in [-0.2, -0.15) is 0 Å². The minimum atomic E-state index is 0.281. The topological polar surface area (TPSA) is 17.1 Å². The van der Waals surface area contributed by atoms with E-state index in [0.29, 0.717) is 12.2 Å². The van der Waals surface area contributed by atoms with E-state index < -0.39 is 0 Å². The second kappa shape index (κ2) is 4.08. The highest BCUT2D eigenvalue weighted by Gasteiger charge is 2.18. The van der Waals surface area contributed by atoms with Gasteiger partial charge in [-0.15, -0.1) is 0 Å². The average molecular weight is 180 g/mol. The minimum Gasteiger partial charge on any atom is -0.295 e. The van der Waals surface area contributed by atoms with Crippen LogP contribution in [0.3, 0.4) is 0 Å². The third-order valence-electron chi connectivity index (χ3n) is 2.30. The van der Waals surface area contributed by atoms with E-state index in [1.54, 1.807) is 6.08 Å². The summed E-state index contributed by atoms with van der Waals surface area (Å²) in [5.41, 5.74) is 0.281. The van der Waals surface area contributed by atoms with Crippen LogP contribution >= 0.6 is 0 Å². The van der Waals surface area contributed by atoms with Crippen molar-refractivity contribution in [3.8, 4) is 0 Å². The Morgan fingerprint density at radius 2 is 2.00 bits per heavy atom. The predicted octanol–water partition coefficient (Wildman–Crippen LogP) is 3.35. The molecule has 0 saturated heterocycles. The van der Waals surface area contributed by atoms with E-state index in [2.05, 4.69) is 26.8 Å². The third-order valence-corrected chi connectivity index (χ3v) is 2.30. The van der Waals surface area contributed by atoms with Crippen LogP contribution in [0.25, 0.3) is 0 Å². The molecule has 1 aliphatic rings. The van der Waals surface area contributed by atoms with Crippen molar-refractivity contribution < 1.29 is 4.79 Å². The van der Waals surface area contributed by atoms with Crippen molar-refractivity contribution in [3.63, 3.8) is 0 Å². The normalized spacial score (nSPS) is 18.1. The number of ketones is 1. The minimum absolute atomic E-state index is 0.281. The molecule has 0 heterocycles. The van der Waals surface area contributed by atoms with Gasteiger partial charge in [0.1, 0.15) is 0 Å². The molecule has 74 valence electrons. The SMILES string of the molecule is CC(C)(C)CCC(=O)/C=C/C1CC1. The van der Waals surface area contributed by atoms with Crippen LogP contribution in [0.5, 0.6) is 0 Å². The summed E-state index contributed by atoms with van der Waals surface area (Å²) in [5, 5.41) is 0. The summed E-state index contributed by atoms with van der Waals surface area (Å²) >= 11 is 0. The Kier molecular flexibility index (Phi) is 3.29. The summed E-state index contributed by atoms with van der Waals surface area (Å²) in [4.78, 5) is 11.3. The Morgan fingerprint density at radius 3 is 2.46 bits per heavy atom. The van der Waals surface area contributed by atoms with Gasteiger partial charge in [0.05, 0.1) is 0 Å². The second-order valence-corrected chi connectivity index (χ2v) is 5.22. The van der Waals surface area contributed by atoms with Crippen LogP contribution in [-0.4, -0.2) is 5.78 Å². The van der Waals surface area contributed by atoms with Crippen LogP contribution in [0.1, 0.15) is 46.5 Å². The van der Waals surface area contributed by atoms with Gasteiger partial charge in [0.25, 0.3) is 0 Å². The van der Waals surface area contributed by atoms with Crippen LogP contribution in [0, 0.1) is 11.3 Å². The maximum absolute atomic E-state index is 11.3. The largest absolute Gasteiger partial charge is 0.295 e. The zero-order chi connectivity index (χ0) is 9.90. The molecule has 0 spiro atoms. The molecule has 0 unspecified atom stereocenters. The van der Waals surface area contributed by atoms with Crippen molar-refractivity contribution in [2.24, 2.45) is 11.3 Å². The van der Waals surface area contributed by atoms with Crippen molar-refractivity contribution in [2.75, 3.05) is 0 Å².